The molecule has 0 aromatic carbocycles. The van der Waals surface area contributed by atoms with Crippen molar-refractivity contribution < 1.29 is 14.0 Å². The summed E-state index contributed by atoms with van der Waals surface area (Å²) in [5, 5.41) is -0.414. The Bertz CT molecular complexity index is 317. The average Bonchev–Trinajstić information content (AvgIpc) is 1.91. The summed E-state index contributed by atoms with van der Waals surface area (Å²) in [5.74, 6) is 0. The lowest BCUT2D eigenvalue weighted by Gasteiger charge is -2.15. The van der Waals surface area contributed by atoms with Crippen LogP contribution in [0, 0.1) is 0 Å². The standard InChI is InChI=1S/C5H7IO3S/c1-5(2)4(6)3-10(7,8)9-5/h3H,1-2H3/i3D. The van der Waals surface area contributed by atoms with Gasteiger partial charge in [-0.2, -0.15) is 8.42 Å². The summed E-state index contributed by atoms with van der Waals surface area (Å²) in [5.41, 5.74) is -0.851. The lowest BCUT2D eigenvalue weighted by Crippen LogP contribution is -2.20. The first kappa shape index (κ1) is 7.05. The van der Waals surface area contributed by atoms with Gasteiger partial charge in [0.1, 0.15) is 5.60 Å². The summed E-state index contributed by atoms with van der Waals surface area (Å²) in [6.07, 6.45) is 0. The Morgan fingerprint density at radius 3 is 2.40 bits per heavy atom. The maximum atomic E-state index is 10.9. The monoisotopic (exact) mass is 275 g/mol. The van der Waals surface area contributed by atoms with Gasteiger partial charge in [-0.1, -0.05) is 0 Å². The molecule has 0 aromatic rings. The van der Waals surface area contributed by atoms with Gasteiger partial charge in [0, 0.05) is 3.58 Å². The minimum atomic E-state index is -3.74. The van der Waals surface area contributed by atoms with Crippen molar-refractivity contribution in [2.75, 3.05) is 0 Å². The van der Waals surface area contributed by atoms with Crippen LogP contribution in [-0.4, -0.2) is 14.0 Å². The lowest BCUT2D eigenvalue weighted by atomic mass is 10.1. The second-order valence-electron chi connectivity index (χ2n) is 2.46. The molecule has 0 atom stereocenters. The maximum Gasteiger partial charge on any atom is 0.291 e. The van der Waals surface area contributed by atoms with E-state index in [1.54, 1.807) is 13.8 Å². The Hall–Kier alpha value is 0.380. The van der Waals surface area contributed by atoms with Crippen molar-refractivity contribution in [1.29, 1.82) is 0 Å². The van der Waals surface area contributed by atoms with E-state index in [1.807, 2.05) is 22.6 Å². The largest absolute Gasteiger partial charge is 0.291 e. The van der Waals surface area contributed by atoms with E-state index in [4.69, 9.17) is 1.37 Å². The van der Waals surface area contributed by atoms with E-state index in [2.05, 4.69) is 4.18 Å². The van der Waals surface area contributed by atoms with Crippen molar-refractivity contribution in [2.45, 2.75) is 19.4 Å². The first-order valence-electron chi connectivity index (χ1n) is 3.10. The van der Waals surface area contributed by atoms with Crippen LogP contribution in [0.4, 0.5) is 0 Å². The molecule has 0 saturated heterocycles. The predicted molar refractivity (Wildman–Crippen MR) is 46.2 cm³/mol. The molecule has 58 valence electrons. The molecule has 1 aliphatic rings. The van der Waals surface area contributed by atoms with Crippen molar-refractivity contribution in [1.82, 2.24) is 0 Å². The van der Waals surface area contributed by atoms with Crippen molar-refractivity contribution in [3.05, 3.63) is 8.96 Å². The van der Waals surface area contributed by atoms with Crippen molar-refractivity contribution in [3.8, 4) is 0 Å². The molecule has 5 heteroatoms. The second kappa shape index (κ2) is 2.18. The van der Waals surface area contributed by atoms with Crippen LogP contribution in [0.1, 0.15) is 15.2 Å². The molecule has 0 amide bonds. The Balaban J connectivity index is 3.31. The normalized spacial score (nSPS) is 30.5. The average molecular weight is 275 g/mol. The first-order chi connectivity index (χ1) is 4.77. The van der Waals surface area contributed by atoms with Gasteiger partial charge in [0.15, 0.2) is 0 Å². The van der Waals surface area contributed by atoms with Crippen LogP contribution < -0.4 is 0 Å². The molecule has 1 heterocycles. The molecule has 0 aliphatic carbocycles. The van der Waals surface area contributed by atoms with Gasteiger partial charge >= 0.3 is 0 Å². The number of hydrogen-bond donors (Lipinski definition) is 0. The summed E-state index contributed by atoms with van der Waals surface area (Å²) in [6.45, 7) is 3.24. The van der Waals surface area contributed by atoms with Crippen LogP contribution in [0.2, 0.25) is 0 Å². The predicted octanol–water partition coefficient (Wildman–Crippen LogP) is 1.40. The summed E-state index contributed by atoms with van der Waals surface area (Å²) < 4.78 is 34.1. The van der Waals surface area contributed by atoms with Crippen molar-refractivity contribution >= 4 is 32.7 Å². The van der Waals surface area contributed by atoms with E-state index in [-0.39, 0.29) is 0 Å². The third kappa shape index (κ3) is 1.51. The molecule has 0 aromatic heterocycles. The lowest BCUT2D eigenvalue weighted by molar-refractivity contribution is 0.182. The molecule has 0 spiro atoms. The van der Waals surface area contributed by atoms with Crippen LogP contribution in [0.25, 0.3) is 0 Å². The molecular weight excluding hydrogens is 267 g/mol. The fourth-order valence-electron chi connectivity index (χ4n) is 0.564. The fourth-order valence-corrected chi connectivity index (χ4v) is 2.77. The number of halogens is 1. The first-order valence-corrected chi connectivity index (χ1v) is 5.08. The van der Waals surface area contributed by atoms with Gasteiger partial charge < -0.3 is 0 Å². The smallest absolute Gasteiger partial charge is 0.255 e. The van der Waals surface area contributed by atoms with Crippen LogP contribution >= 0.6 is 22.6 Å². The van der Waals surface area contributed by atoms with E-state index in [0.717, 1.165) is 0 Å². The van der Waals surface area contributed by atoms with Gasteiger partial charge in [-0.3, -0.25) is 4.18 Å². The topological polar surface area (TPSA) is 43.4 Å². The third-order valence-corrected chi connectivity index (χ3v) is 4.09. The fraction of sp³-hybridized carbons (Fsp3) is 0.600. The van der Waals surface area contributed by atoms with Gasteiger partial charge in [0.05, 0.1) is 6.75 Å². The van der Waals surface area contributed by atoms with E-state index in [0.29, 0.717) is 3.58 Å². The molecule has 3 nitrogen and oxygen atoms in total. The number of rotatable bonds is 0. The number of hydrogen-bond acceptors (Lipinski definition) is 3. The Morgan fingerprint density at radius 2 is 2.30 bits per heavy atom. The summed E-state index contributed by atoms with van der Waals surface area (Å²) in [6, 6.07) is 0. The van der Waals surface area contributed by atoms with Crippen LogP contribution in [0.5, 0.6) is 0 Å². The molecule has 10 heavy (non-hydrogen) atoms. The van der Waals surface area contributed by atoms with E-state index in [9.17, 15) is 8.42 Å². The molecule has 1 rings (SSSR count). The maximum absolute atomic E-state index is 10.9. The third-order valence-electron chi connectivity index (χ3n) is 1.06. The highest BCUT2D eigenvalue weighted by Gasteiger charge is 2.35. The van der Waals surface area contributed by atoms with Gasteiger partial charge in [0.25, 0.3) is 10.1 Å². The molecule has 0 N–H and O–H groups in total. The SMILES string of the molecule is [2H]C1=C(I)C(C)(C)OS1(=O)=O. The highest BCUT2D eigenvalue weighted by molar-refractivity contribution is 14.1. The summed E-state index contributed by atoms with van der Waals surface area (Å²) in [7, 11) is -3.74. The zero-order chi connectivity index (χ0) is 8.86. The van der Waals surface area contributed by atoms with E-state index >= 15 is 0 Å². The van der Waals surface area contributed by atoms with Crippen molar-refractivity contribution in [2.24, 2.45) is 0 Å². The van der Waals surface area contributed by atoms with Gasteiger partial charge in [-0.15, -0.1) is 0 Å². The molecule has 0 unspecified atom stereocenters. The Morgan fingerprint density at radius 1 is 1.80 bits per heavy atom. The van der Waals surface area contributed by atoms with Gasteiger partial charge in [-0.25, -0.2) is 0 Å². The van der Waals surface area contributed by atoms with Crippen LogP contribution in [0.3, 0.4) is 0 Å². The van der Waals surface area contributed by atoms with Gasteiger partial charge in [0.2, 0.25) is 0 Å². The van der Waals surface area contributed by atoms with Crippen LogP contribution in [-0.2, 0) is 14.3 Å². The van der Waals surface area contributed by atoms with E-state index < -0.39 is 21.1 Å². The highest BCUT2D eigenvalue weighted by Crippen LogP contribution is 2.35. The molecule has 0 fully saturated rings. The highest BCUT2D eigenvalue weighted by atomic mass is 127. The Kier molecular flexibility index (Phi) is 1.54. The van der Waals surface area contributed by atoms with Gasteiger partial charge in [-0.05, 0) is 36.4 Å². The quantitative estimate of drug-likeness (QED) is 0.496. The zero-order valence-corrected chi connectivity index (χ0v) is 8.48. The minimum Gasteiger partial charge on any atom is -0.255 e. The molecule has 0 radical (unpaired) electrons. The molecule has 0 saturated carbocycles. The summed E-state index contributed by atoms with van der Waals surface area (Å²) in [4.78, 5) is 0. The van der Waals surface area contributed by atoms with Crippen LogP contribution in [0.15, 0.2) is 8.96 Å². The minimum absolute atomic E-state index is 0.414. The summed E-state index contributed by atoms with van der Waals surface area (Å²) >= 11 is 1.81. The van der Waals surface area contributed by atoms with Crippen molar-refractivity contribution in [3.63, 3.8) is 0 Å². The molecule has 1 aliphatic heterocycles. The second-order valence-corrected chi connectivity index (χ2v) is 4.82. The zero-order valence-electron chi connectivity index (χ0n) is 6.51. The molecule has 0 bridgehead atoms. The molecular formula is C5H7IO3S. The van der Waals surface area contributed by atoms with E-state index in [1.165, 1.54) is 0 Å². The Labute approximate surface area is 75.1 Å².